The van der Waals surface area contributed by atoms with Crippen molar-refractivity contribution in [1.82, 2.24) is 20.5 Å². The van der Waals surface area contributed by atoms with E-state index in [1.54, 1.807) is 36.4 Å². The summed E-state index contributed by atoms with van der Waals surface area (Å²) >= 11 is 0. The number of hydrogen-bond acceptors (Lipinski definition) is 9. The number of amides is 4. The van der Waals surface area contributed by atoms with Gasteiger partial charge in [0.25, 0.3) is 0 Å². The summed E-state index contributed by atoms with van der Waals surface area (Å²) in [5.41, 5.74) is 10.2. The van der Waals surface area contributed by atoms with Crippen molar-refractivity contribution in [2.75, 3.05) is 54.4 Å². The number of carbonyl (C=O) groups is 3. The van der Waals surface area contributed by atoms with E-state index in [0.29, 0.717) is 47.8 Å². The van der Waals surface area contributed by atoms with E-state index in [1.807, 2.05) is 4.90 Å². The molecule has 2 saturated heterocycles. The van der Waals surface area contributed by atoms with Gasteiger partial charge in [0, 0.05) is 38.8 Å². The molecule has 2 aliphatic heterocycles. The second-order valence-electron chi connectivity index (χ2n) is 9.77. The lowest BCUT2D eigenvalue weighted by Crippen LogP contribution is -2.46. The van der Waals surface area contributed by atoms with Crippen LogP contribution in [0.1, 0.15) is 6.92 Å². The molecule has 3 aromatic rings. The van der Waals surface area contributed by atoms with Crippen molar-refractivity contribution in [3.63, 3.8) is 0 Å². The maximum absolute atomic E-state index is 15.1. The van der Waals surface area contributed by atoms with Crippen molar-refractivity contribution in [1.29, 1.82) is 0 Å². The van der Waals surface area contributed by atoms with E-state index in [4.69, 9.17) is 15.0 Å². The first-order chi connectivity index (χ1) is 20.2. The molecule has 2 fully saturated rings. The molecular formula is C27H31FN8O6. The lowest BCUT2D eigenvalue weighted by atomic mass is 10.1. The third-order valence-electron chi connectivity index (χ3n) is 6.87. The number of cyclic esters (lactones) is 1. The summed E-state index contributed by atoms with van der Waals surface area (Å²) in [4.78, 5) is 51.5. The fourth-order valence-corrected chi connectivity index (χ4v) is 4.68. The van der Waals surface area contributed by atoms with E-state index >= 15 is 4.39 Å². The van der Waals surface area contributed by atoms with Gasteiger partial charge in [-0.25, -0.2) is 24.2 Å². The molecule has 4 amide bonds. The first-order valence-corrected chi connectivity index (χ1v) is 13.3. The van der Waals surface area contributed by atoms with Crippen molar-refractivity contribution in [3.05, 3.63) is 64.9 Å². The molecule has 222 valence electrons. The van der Waals surface area contributed by atoms with E-state index in [9.17, 15) is 19.2 Å². The zero-order valence-electron chi connectivity index (χ0n) is 22.8. The highest BCUT2D eigenvalue weighted by Crippen LogP contribution is 2.28. The molecule has 0 spiro atoms. The van der Waals surface area contributed by atoms with Crippen LogP contribution in [-0.4, -0.2) is 73.2 Å². The fourth-order valence-electron chi connectivity index (χ4n) is 4.68. The zero-order chi connectivity index (χ0) is 29.8. The van der Waals surface area contributed by atoms with Gasteiger partial charge in [-0.05, 0) is 35.9 Å². The quantitative estimate of drug-likeness (QED) is 0.323. The van der Waals surface area contributed by atoms with Crippen LogP contribution >= 0.6 is 0 Å². The first kappa shape index (κ1) is 28.6. The average Bonchev–Trinajstić information content (AvgIpc) is 3.44. The summed E-state index contributed by atoms with van der Waals surface area (Å²) < 4.78 is 26.6. The van der Waals surface area contributed by atoms with Crippen LogP contribution in [0, 0.1) is 5.82 Å². The molecule has 42 heavy (non-hydrogen) atoms. The molecule has 2 aliphatic rings. The Balaban J connectivity index is 1.17. The lowest BCUT2D eigenvalue weighted by Gasteiger charge is -2.24. The van der Waals surface area contributed by atoms with Crippen molar-refractivity contribution in [3.8, 4) is 11.1 Å². The van der Waals surface area contributed by atoms with Gasteiger partial charge in [0.2, 0.25) is 5.91 Å². The highest BCUT2D eigenvalue weighted by Gasteiger charge is 2.32. The van der Waals surface area contributed by atoms with Crippen LogP contribution in [0.5, 0.6) is 0 Å². The van der Waals surface area contributed by atoms with Crippen LogP contribution in [0.4, 0.5) is 31.0 Å². The predicted molar refractivity (Wildman–Crippen MR) is 151 cm³/mol. The summed E-state index contributed by atoms with van der Waals surface area (Å²) in [7, 11) is 0. The Morgan fingerprint density at radius 1 is 1.12 bits per heavy atom. The van der Waals surface area contributed by atoms with E-state index in [1.165, 1.54) is 33.8 Å². The van der Waals surface area contributed by atoms with Crippen molar-refractivity contribution >= 4 is 35.1 Å². The van der Waals surface area contributed by atoms with Gasteiger partial charge in [0.05, 0.1) is 36.2 Å². The number of hydrogen-bond donors (Lipinski definition) is 4. The molecule has 5 rings (SSSR count). The molecule has 0 unspecified atom stereocenters. The number of rotatable bonds is 7. The van der Waals surface area contributed by atoms with Gasteiger partial charge in [-0.15, -0.1) is 0 Å². The molecule has 0 aliphatic carbocycles. The van der Waals surface area contributed by atoms with E-state index < -0.39 is 29.7 Å². The Hall–Kier alpha value is -4.89. The Labute approximate surface area is 239 Å². The molecule has 0 bridgehead atoms. The molecule has 1 atom stereocenters. The molecule has 0 radical (unpaired) electrons. The topological polar surface area (TPSA) is 167 Å². The van der Waals surface area contributed by atoms with Crippen molar-refractivity contribution in [2.24, 2.45) is 5.73 Å². The first-order valence-electron chi connectivity index (χ1n) is 13.3. The van der Waals surface area contributed by atoms with Gasteiger partial charge in [-0.1, -0.05) is 12.1 Å². The molecule has 3 heterocycles. The number of benzene rings is 2. The van der Waals surface area contributed by atoms with Gasteiger partial charge in [-0.3, -0.25) is 14.7 Å². The minimum atomic E-state index is -0.559. The van der Waals surface area contributed by atoms with Crippen LogP contribution in [-0.2, 0) is 16.2 Å². The molecule has 0 saturated carbocycles. The van der Waals surface area contributed by atoms with Crippen molar-refractivity contribution in [2.45, 2.75) is 19.7 Å². The average molecular weight is 583 g/mol. The molecule has 5 N–H and O–H groups in total. The van der Waals surface area contributed by atoms with Crippen molar-refractivity contribution < 1.29 is 28.0 Å². The number of ether oxygens (including phenoxy) is 1. The Kier molecular flexibility index (Phi) is 8.40. The number of aromatic nitrogens is 1. The van der Waals surface area contributed by atoms with E-state index in [-0.39, 0.29) is 32.2 Å². The largest absolute Gasteiger partial charge is 0.443 e. The van der Waals surface area contributed by atoms with Gasteiger partial charge < -0.3 is 30.5 Å². The SMILES string of the molecule is CC(=O)NCn1cc(-c2ccc(NC(=O)N3CCN(c4ccc(N5C[C@H](CN)OC5=O)cc4F)CCN3)cc2)c(=O)o1. The molecule has 14 nitrogen and oxygen atoms in total. The Morgan fingerprint density at radius 3 is 2.60 bits per heavy atom. The number of hydrazine groups is 1. The zero-order valence-corrected chi connectivity index (χ0v) is 22.8. The number of nitrogens with zero attached hydrogens (tertiary/aromatic N) is 4. The molecular weight excluding hydrogens is 551 g/mol. The lowest BCUT2D eigenvalue weighted by molar-refractivity contribution is -0.119. The minimum absolute atomic E-state index is 0.0294. The Morgan fingerprint density at radius 2 is 1.90 bits per heavy atom. The predicted octanol–water partition coefficient (Wildman–Crippen LogP) is 1.48. The summed E-state index contributed by atoms with van der Waals surface area (Å²) in [5, 5.41) is 6.77. The van der Waals surface area contributed by atoms with Crippen LogP contribution in [0.15, 0.2) is 58.0 Å². The van der Waals surface area contributed by atoms with Gasteiger partial charge in [0.1, 0.15) is 18.6 Å². The number of carbonyl (C=O) groups excluding carboxylic acids is 3. The smallest absolute Gasteiger partial charge is 0.414 e. The normalized spacial score (nSPS) is 17.2. The number of nitrogens with two attached hydrogens (primary N) is 1. The standard InChI is InChI=1S/C27H31FN8O6/c1-17(37)30-16-34-15-22(25(38)42-34)18-2-4-19(5-3-18)32-26(39)36-11-10-33(9-8-31-36)24-7-6-20(12-23(24)28)35-14-21(13-29)41-27(35)40/h2-7,12,15,21,31H,8-11,13-14,16,29H2,1H3,(H,30,37)(H,32,39)/t21-/m0/s1. The van der Waals surface area contributed by atoms with Crippen LogP contribution in [0.3, 0.4) is 0 Å². The highest BCUT2D eigenvalue weighted by molar-refractivity contribution is 5.90. The number of anilines is 3. The summed E-state index contributed by atoms with van der Waals surface area (Å²) in [6.45, 7) is 3.30. The minimum Gasteiger partial charge on any atom is -0.443 e. The molecule has 2 aromatic carbocycles. The van der Waals surface area contributed by atoms with Gasteiger partial charge in [0.15, 0.2) is 0 Å². The second-order valence-corrected chi connectivity index (χ2v) is 9.77. The summed E-state index contributed by atoms with van der Waals surface area (Å²) in [6, 6.07) is 10.8. The Bertz CT molecular complexity index is 1520. The summed E-state index contributed by atoms with van der Waals surface area (Å²) in [6.07, 6.45) is 0.506. The van der Waals surface area contributed by atoms with Crippen LogP contribution in [0.2, 0.25) is 0 Å². The fraction of sp³-hybridized carbons (Fsp3) is 0.333. The third-order valence-corrected chi connectivity index (χ3v) is 6.87. The second kappa shape index (κ2) is 12.3. The monoisotopic (exact) mass is 582 g/mol. The highest BCUT2D eigenvalue weighted by atomic mass is 19.1. The molecule has 1 aromatic heterocycles. The number of nitrogens with one attached hydrogen (secondary N) is 3. The van der Waals surface area contributed by atoms with Gasteiger partial charge in [-0.2, -0.15) is 4.74 Å². The van der Waals surface area contributed by atoms with Gasteiger partial charge >= 0.3 is 17.7 Å². The molecule has 15 heteroatoms. The van der Waals surface area contributed by atoms with Crippen LogP contribution < -0.4 is 37.2 Å². The third kappa shape index (κ3) is 6.37. The van der Waals surface area contributed by atoms with E-state index in [0.717, 1.165) is 0 Å². The van der Waals surface area contributed by atoms with E-state index in [2.05, 4.69) is 16.1 Å². The number of halogens is 1. The summed E-state index contributed by atoms with van der Waals surface area (Å²) in [5.74, 6) is -0.747. The number of urea groups is 1. The van der Waals surface area contributed by atoms with Crippen LogP contribution in [0.25, 0.3) is 11.1 Å². The maximum Gasteiger partial charge on any atom is 0.414 e. The maximum atomic E-state index is 15.1.